The first-order valence-electron chi connectivity index (χ1n) is 10.7. The third kappa shape index (κ3) is 9.76. The smallest absolute Gasteiger partial charge is 0.176 e. The summed E-state index contributed by atoms with van der Waals surface area (Å²) in [5, 5.41) is 0. The van der Waals surface area contributed by atoms with Crippen molar-refractivity contribution in [3.05, 3.63) is 23.8 Å². The highest BCUT2D eigenvalue weighted by Gasteiger charge is 2.10. The van der Waals surface area contributed by atoms with E-state index in [-0.39, 0.29) is 0 Å². The van der Waals surface area contributed by atoms with Gasteiger partial charge < -0.3 is 9.47 Å². The van der Waals surface area contributed by atoms with Crippen LogP contribution in [-0.4, -0.2) is 13.2 Å². The summed E-state index contributed by atoms with van der Waals surface area (Å²) in [6.07, 6.45) is 20.7. The number of terminal acetylenes is 1. The molecule has 0 aromatic heterocycles. The number of unbranched alkanes of at least 4 members (excludes halogenated alkanes) is 10. The third-order valence-corrected chi connectivity index (χ3v) is 4.63. The van der Waals surface area contributed by atoms with Gasteiger partial charge in [0.1, 0.15) is 0 Å². The van der Waals surface area contributed by atoms with Gasteiger partial charge in [-0.1, -0.05) is 90.0 Å². The molecule has 0 aliphatic heterocycles. The molecule has 1 aromatic carbocycles. The van der Waals surface area contributed by atoms with Crippen molar-refractivity contribution in [2.75, 3.05) is 13.2 Å². The van der Waals surface area contributed by atoms with Gasteiger partial charge in [0, 0.05) is 0 Å². The molecule has 2 nitrogen and oxygen atoms in total. The quantitative estimate of drug-likeness (QED) is 0.231. The average molecular weight is 359 g/mol. The molecule has 0 aliphatic rings. The van der Waals surface area contributed by atoms with E-state index in [1.807, 2.05) is 18.2 Å². The normalized spacial score (nSPS) is 10.5. The maximum atomic E-state index is 6.01. The van der Waals surface area contributed by atoms with Crippen LogP contribution in [0, 0.1) is 12.3 Å². The minimum absolute atomic E-state index is 0.707. The Hall–Kier alpha value is -1.62. The van der Waals surface area contributed by atoms with Crippen LogP contribution in [0.1, 0.15) is 96.5 Å². The molecule has 0 atom stereocenters. The van der Waals surface area contributed by atoms with Crippen LogP contribution in [0.25, 0.3) is 0 Å². The van der Waals surface area contributed by atoms with E-state index in [0.717, 1.165) is 36.5 Å². The van der Waals surface area contributed by atoms with Crippen LogP contribution in [0.5, 0.6) is 11.5 Å². The van der Waals surface area contributed by atoms with E-state index in [1.54, 1.807) is 0 Å². The van der Waals surface area contributed by atoms with Crippen LogP contribution < -0.4 is 9.47 Å². The first kappa shape index (κ1) is 22.4. The molecule has 1 aromatic rings. The standard InChI is InChI=1S/C24H38O2/c1-4-7-9-11-13-15-20-25-23-19-17-18-22(6-3)24(23)26-21-16-14-12-10-8-5-2/h3,17-19H,4-5,7-16,20-21H2,1-2H3. The van der Waals surface area contributed by atoms with Crippen molar-refractivity contribution >= 4 is 0 Å². The number of rotatable bonds is 16. The van der Waals surface area contributed by atoms with Crippen LogP contribution in [0.15, 0.2) is 18.2 Å². The summed E-state index contributed by atoms with van der Waals surface area (Å²) in [6, 6.07) is 5.84. The lowest BCUT2D eigenvalue weighted by molar-refractivity contribution is 0.258. The van der Waals surface area contributed by atoms with Gasteiger partial charge in [0.05, 0.1) is 18.8 Å². The molecular formula is C24H38O2. The fourth-order valence-electron chi connectivity index (χ4n) is 3.01. The number of hydrogen-bond donors (Lipinski definition) is 0. The predicted molar refractivity (Wildman–Crippen MR) is 112 cm³/mol. The number of ether oxygens (including phenoxy) is 2. The summed E-state index contributed by atoms with van der Waals surface area (Å²) in [7, 11) is 0. The molecule has 0 saturated heterocycles. The lowest BCUT2D eigenvalue weighted by atomic mass is 10.1. The largest absolute Gasteiger partial charge is 0.490 e. The number of para-hydroxylation sites is 1. The molecule has 0 fully saturated rings. The summed E-state index contributed by atoms with van der Waals surface area (Å²) in [4.78, 5) is 0. The van der Waals surface area contributed by atoms with E-state index in [2.05, 4.69) is 19.8 Å². The molecule has 26 heavy (non-hydrogen) atoms. The molecule has 146 valence electrons. The third-order valence-electron chi connectivity index (χ3n) is 4.63. The van der Waals surface area contributed by atoms with Gasteiger partial charge in [-0.05, 0) is 25.0 Å². The first-order chi connectivity index (χ1) is 12.8. The fourth-order valence-corrected chi connectivity index (χ4v) is 3.01. The minimum Gasteiger partial charge on any atom is -0.490 e. The van der Waals surface area contributed by atoms with Crippen LogP contribution in [0.4, 0.5) is 0 Å². The Bertz CT molecular complexity index is 501. The lowest BCUT2D eigenvalue weighted by Gasteiger charge is -2.14. The molecule has 0 bridgehead atoms. The van der Waals surface area contributed by atoms with Gasteiger partial charge in [0.15, 0.2) is 11.5 Å². The second-order valence-electron chi connectivity index (χ2n) is 7.01. The lowest BCUT2D eigenvalue weighted by Crippen LogP contribution is -2.04. The Morgan fingerprint density at radius 2 is 1.27 bits per heavy atom. The van der Waals surface area contributed by atoms with E-state index in [9.17, 15) is 0 Å². The van der Waals surface area contributed by atoms with Crippen LogP contribution in [0.3, 0.4) is 0 Å². The van der Waals surface area contributed by atoms with E-state index in [1.165, 1.54) is 64.2 Å². The van der Waals surface area contributed by atoms with E-state index >= 15 is 0 Å². The molecule has 0 saturated carbocycles. The molecule has 0 amide bonds. The number of hydrogen-bond acceptors (Lipinski definition) is 2. The van der Waals surface area contributed by atoms with Gasteiger partial charge in [-0.15, -0.1) is 6.42 Å². The molecule has 1 rings (SSSR count). The minimum atomic E-state index is 0.707. The second-order valence-corrected chi connectivity index (χ2v) is 7.01. The monoisotopic (exact) mass is 358 g/mol. The Balaban J connectivity index is 2.37. The van der Waals surface area contributed by atoms with Crippen molar-refractivity contribution < 1.29 is 9.47 Å². The highest BCUT2D eigenvalue weighted by molar-refractivity contribution is 5.53. The summed E-state index contributed by atoms with van der Waals surface area (Å²) >= 11 is 0. The fraction of sp³-hybridized carbons (Fsp3) is 0.667. The topological polar surface area (TPSA) is 18.5 Å². The first-order valence-corrected chi connectivity index (χ1v) is 10.7. The van der Waals surface area contributed by atoms with Crippen LogP contribution in [0.2, 0.25) is 0 Å². The molecule has 2 heteroatoms. The molecule has 0 unspecified atom stereocenters. The molecule has 0 heterocycles. The van der Waals surface area contributed by atoms with Gasteiger partial charge in [0.25, 0.3) is 0 Å². The van der Waals surface area contributed by atoms with Crippen molar-refractivity contribution in [3.63, 3.8) is 0 Å². The van der Waals surface area contributed by atoms with Gasteiger partial charge in [-0.25, -0.2) is 0 Å². The molecular weight excluding hydrogens is 320 g/mol. The van der Waals surface area contributed by atoms with Crippen molar-refractivity contribution in [1.29, 1.82) is 0 Å². The van der Waals surface area contributed by atoms with E-state index in [0.29, 0.717) is 6.61 Å². The Morgan fingerprint density at radius 3 is 1.85 bits per heavy atom. The second kappa shape index (κ2) is 15.6. The zero-order chi connectivity index (χ0) is 18.9. The number of benzene rings is 1. The SMILES string of the molecule is C#Cc1cccc(OCCCCCCCC)c1OCCCCCCCC. The van der Waals surface area contributed by atoms with Gasteiger partial charge >= 0.3 is 0 Å². The molecule has 0 aliphatic carbocycles. The van der Waals surface area contributed by atoms with Crippen molar-refractivity contribution in [2.45, 2.75) is 90.9 Å². The summed E-state index contributed by atoms with van der Waals surface area (Å²) in [6.45, 7) is 5.92. The van der Waals surface area contributed by atoms with E-state index in [4.69, 9.17) is 15.9 Å². The summed E-state index contributed by atoms with van der Waals surface area (Å²) in [5.41, 5.74) is 0.788. The van der Waals surface area contributed by atoms with Gasteiger partial charge in [0.2, 0.25) is 0 Å². The zero-order valence-corrected chi connectivity index (χ0v) is 17.0. The summed E-state index contributed by atoms with van der Waals surface area (Å²) < 4.78 is 12.0. The van der Waals surface area contributed by atoms with Crippen LogP contribution >= 0.6 is 0 Å². The van der Waals surface area contributed by atoms with Gasteiger partial charge in [-0.2, -0.15) is 0 Å². The Morgan fingerprint density at radius 1 is 0.731 bits per heavy atom. The van der Waals surface area contributed by atoms with Crippen molar-refractivity contribution in [1.82, 2.24) is 0 Å². The highest BCUT2D eigenvalue weighted by Crippen LogP contribution is 2.31. The molecule has 0 spiro atoms. The Labute approximate surface area is 161 Å². The maximum Gasteiger partial charge on any atom is 0.176 e. The predicted octanol–water partition coefficient (Wildman–Crippen LogP) is 7.15. The van der Waals surface area contributed by atoms with Crippen molar-refractivity contribution in [2.24, 2.45) is 0 Å². The van der Waals surface area contributed by atoms with Crippen LogP contribution in [-0.2, 0) is 0 Å². The molecule has 0 radical (unpaired) electrons. The average Bonchev–Trinajstić information content (AvgIpc) is 2.67. The van der Waals surface area contributed by atoms with E-state index < -0.39 is 0 Å². The summed E-state index contributed by atoms with van der Waals surface area (Å²) in [5.74, 6) is 4.26. The van der Waals surface area contributed by atoms with Gasteiger partial charge in [-0.3, -0.25) is 0 Å². The maximum absolute atomic E-state index is 6.01. The zero-order valence-electron chi connectivity index (χ0n) is 17.0. The van der Waals surface area contributed by atoms with Crippen molar-refractivity contribution in [3.8, 4) is 23.8 Å². The Kier molecular flexibility index (Phi) is 13.5. The molecule has 0 N–H and O–H groups in total. The highest BCUT2D eigenvalue weighted by atomic mass is 16.5.